The standard InChI is InChI=1S/C59H41F3N4Si/c1-40-30-33-50-51-34-31-44(59(60,61)62)38-55(51)66(54(50)36-40)45-32-35-52(58-64-56(41-18-7-2-8-19-41)63-57(65-58)42-20-9-3-10-21-42)53(39-45)43-22-17-29-49(37-43)67(46-23-11-4-12-24-46,47-25-13-5-14-26-47)48-27-15-6-16-28-48/h2-39H,1H3. The Bertz CT molecular complexity index is 3410. The zero-order valence-electron chi connectivity index (χ0n) is 36.4. The zero-order valence-corrected chi connectivity index (χ0v) is 37.4. The number of nitrogens with zero attached hydrogens (tertiary/aromatic N) is 4. The molecule has 0 N–H and O–H groups in total. The first-order valence-electron chi connectivity index (χ1n) is 22.2. The lowest BCUT2D eigenvalue weighted by Gasteiger charge is -2.34. The first kappa shape index (κ1) is 41.5. The average Bonchev–Trinajstić information content (AvgIpc) is 3.70. The summed E-state index contributed by atoms with van der Waals surface area (Å²) in [5, 5.41) is 6.46. The van der Waals surface area contributed by atoms with Crippen LogP contribution in [0, 0.1) is 6.92 Å². The van der Waals surface area contributed by atoms with E-state index in [1.807, 2.05) is 102 Å². The van der Waals surface area contributed by atoms with Crippen molar-refractivity contribution in [1.29, 1.82) is 0 Å². The molecule has 11 rings (SSSR count). The topological polar surface area (TPSA) is 43.6 Å². The number of hydrogen-bond acceptors (Lipinski definition) is 3. The molecule has 0 fully saturated rings. The largest absolute Gasteiger partial charge is 0.416 e. The Hall–Kier alpha value is -8.20. The minimum Gasteiger partial charge on any atom is -0.309 e. The van der Waals surface area contributed by atoms with E-state index >= 15 is 0 Å². The molecule has 67 heavy (non-hydrogen) atoms. The van der Waals surface area contributed by atoms with Crippen LogP contribution in [0.25, 0.3) is 72.8 Å². The summed E-state index contributed by atoms with van der Waals surface area (Å²) >= 11 is 0. The summed E-state index contributed by atoms with van der Waals surface area (Å²) in [4.78, 5) is 15.4. The lowest BCUT2D eigenvalue weighted by molar-refractivity contribution is -0.137. The van der Waals surface area contributed by atoms with Crippen molar-refractivity contribution < 1.29 is 13.2 Å². The average molecular weight is 891 g/mol. The summed E-state index contributed by atoms with van der Waals surface area (Å²) in [6, 6.07) is 76.9. The van der Waals surface area contributed by atoms with Gasteiger partial charge in [0, 0.05) is 33.2 Å². The first-order chi connectivity index (χ1) is 32.8. The second-order valence-electron chi connectivity index (χ2n) is 16.8. The zero-order chi connectivity index (χ0) is 45.5. The van der Waals surface area contributed by atoms with Crippen molar-refractivity contribution in [3.05, 3.63) is 242 Å². The highest BCUT2D eigenvalue weighted by molar-refractivity contribution is 7.19. The van der Waals surface area contributed by atoms with Gasteiger partial charge in [0.05, 0.1) is 16.6 Å². The molecule has 4 nitrogen and oxygen atoms in total. The highest BCUT2D eigenvalue weighted by atomic mass is 28.3. The SMILES string of the molecule is Cc1ccc2c3ccc(C(F)(F)F)cc3n(-c3ccc(-c4nc(-c5ccccc5)nc(-c5ccccc5)n4)c(-c4cccc([Si](c5ccccc5)(c5ccccc5)c5ccccc5)c4)c3)c2c1. The molecule has 0 spiro atoms. The number of rotatable bonds is 9. The summed E-state index contributed by atoms with van der Waals surface area (Å²) in [5.41, 5.74) is 6.41. The Morgan fingerprint density at radius 2 is 0.851 bits per heavy atom. The quantitative estimate of drug-likeness (QED) is 0.107. The minimum absolute atomic E-state index is 0.462. The highest BCUT2D eigenvalue weighted by Gasteiger charge is 2.41. The summed E-state index contributed by atoms with van der Waals surface area (Å²) in [6.45, 7) is 2.00. The van der Waals surface area contributed by atoms with Crippen LogP contribution in [0.4, 0.5) is 13.2 Å². The van der Waals surface area contributed by atoms with E-state index in [0.717, 1.165) is 54.9 Å². The van der Waals surface area contributed by atoms with Crippen molar-refractivity contribution in [2.75, 3.05) is 0 Å². The van der Waals surface area contributed by atoms with E-state index in [1.165, 1.54) is 27.7 Å². The molecule has 2 heterocycles. The molecule has 0 unspecified atom stereocenters. The van der Waals surface area contributed by atoms with Gasteiger partial charge >= 0.3 is 6.18 Å². The molecule has 8 heteroatoms. The second kappa shape index (κ2) is 17.0. The maximum absolute atomic E-state index is 14.5. The van der Waals surface area contributed by atoms with Crippen LogP contribution in [0.1, 0.15) is 11.1 Å². The van der Waals surface area contributed by atoms with Crippen LogP contribution in [0.2, 0.25) is 0 Å². The molecule has 0 saturated carbocycles. The smallest absolute Gasteiger partial charge is 0.309 e. The van der Waals surface area contributed by atoms with Gasteiger partial charge in [0.2, 0.25) is 0 Å². The van der Waals surface area contributed by atoms with Crippen molar-refractivity contribution in [2.24, 2.45) is 0 Å². The predicted octanol–water partition coefficient (Wildman–Crippen LogP) is 12.3. The monoisotopic (exact) mass is 890 g/mol. The van der Waals surface area contributed by atoms with Crippen molar-refractivity contribution >= 4 is 50.6 Å². The van der Waals surface area contributed by atoms with E-state index in [0.29, 0.717) is 28.7 Å². The van der Waals surface area contributed by atoms with Crippen molar-refractivity contribution in [1.82, 2.24) is 19.5 Å². The molecule has 322 valence electrons. The molecule has 0 aliphatic heterocycles. The third kappa shape index (κ3) is 7.51. The number of hydrogen-bond donors (Lipinski definition) is 0. The van der Waals surface area contributed by atoms with Gasteiger partial charge in [-0.2, -0.15) is 13.2 Å². The van der Waals surface area contributed by atoms with Crippen LogP contribution in [0.5, 0.6) is 0 Å². The molecule has 0 atom stereocenters. The summed E-state index contributed by atoms with van der Waals surface area (Å²) < 4.78 is 45.4. The molecule has 0 saturated heterocycles. The number of benzene rings is 9. The second-order valence-corrected chi connectivity index (χ2v) is 20.6. The molecule has 0 aliphatic carbocycles. The maximum Gasteiger partial charge on any atom is 0.416 e. The van der Waals surface area contributed by atoms with Gasteiger partial charge in [-0.1, -0.05) is 194 Å². The number of halogens is 3. The molecule has 0 radical (unpaired) electrons. The number of aromatic nitrogens is 4. The summed E-state index contributed by atoms with van der Waals surface area (Å²) in [7, 11) is -2.99. The Balaban J connectivity index is 1.22. The van der Waals surface area contributed by atoms with E-state index in [1.54, 1.807) is 6.07 Å². The van der Waals surface area contributed by atoms with E-state index in [-0.39, 0.29) is 0 Å². The molecular formula is C59H41F3N4Si. The van der Waals surface area contributed by atoms with Crippen LogP contribution >= 0.6 is 0 Å². The molecule has 0 aliphatic rings. The summed E-state index contributed by atoms with van der Waals surface area (Å²) in [5.74, 6) is 1.51. The Kier molecular flexibility index (Phi) is 10.5. The fourth-order valence-electron chi connectivity index (χ4n) is 9.60. The molecule has 0 amide bonds. The lowest BCUT2D eigenvalue weighted by atomic mass is 9.98. The van der Waals surface area contributed by atoms with Gasteiger partial charge in [0.25, 0.3) is 0 Å². The van der Waals surface area contributed by atoms with E-state index in [2.05, 4.69) is 121 Å². The van der Waals surface area contributed by atoms with Gasteiger partial charge in [-0.05, 0) is 80.8 Å². The number of alkyl halides is 3. The molecule has 0 bridgehead atoms. The number of fused-ring (bicyclic) bond motifs is 3. The van der Waals surface area contributed by atoms with Crippen LogP contribution in [-0.4, -0.2) is 27.6 Å². The third-order valence-electron chi connectivity index (χ3n) is 12.7. The minimum atomic E-state index is -4.53. The van der Waals surface area contributed by atoms with Crippen molar-refractivity contribution in [2.45, 2.75) is 13.1 Å². The van der Waals surface area contributed by atoms with Crippen LogP contribution in [0.3, 0.4) is 0 Å². The van der Waals surface area contributed by atoms with Crippen molar-refractivity contribution in [3.63, 3.8) is 0 Å². The van der Waals surface area contributed by atoms with Gasteiger partial charge in [0.1, 0.15) is 0 Å². The Morgan fingerprint density at radius 3 is 1.39 bits per heavy atom. The van der Waals surface area contributed by atoms with Crippen LogP contribution < -0.4 is 20.7 Å². The van der Waals surface area contributed by atoms with E-state index in [9.17, 15) is 13.2 Å². The van der Waals surface area contributed by atoms with Crippen molar-refractivity contribution in [3.8, 4) is 51.0 Å². The number of aryl methyl sites for hydroxylation is 1. The Labute approximate surface area is 387 Å². The maximum atomic E-state index is 14.5. The fraction of sp³-hybridized carbons (Fsp3) is 0.0339. The van der Waals surface area contributed by atoms with Gasteiger partial charge in [-0.3, -0.25) is 0 Å². The lowest BCUT2D eigenvalue weighted by Crippen LogP contribution is -2.74. The molecule has 9 aromatic carbocycles. The Morgan fingerprint density at radius 1 is 0.388 bits per heavy atom. The van der Waals surface area contributed by atoms with Gasteiger partial charge in [0.15, 0.2) is 25.5 Å². The fourth-order valence-corrected chi connectivity index (χ4v) is 14.4. The molecular weight excluding hydrogens is 850 g/mol. The van der Waals surface area contributed by atoms with Crippen LogP contribution in [0.15, 0.2) is 231 Å². The molecule has 2 aromatic heterocycles. The van der Waals surface area contributed by atoms with E-state index in [4.69, 9.17) is 15.0 Å². The van der Waals surface area contributed by atoms with Gasteiger partial charge in [-0.25, -0.2) is 15.0 Å². The normalized spacial score (nSPS) is 11.9. The molecule has 11 aromatic rings. The van der Waals surface area contributed by atoms with Gasteiger partial charge in [-0.15, -0.1) is 0 Å². The third-order valence-corrected chi connectivity index (χ3v) is 17.5. The summed E-state index contributed by atoms with van der Waals surface area (Å²) in [6.07, 6.45) is -4.53. The first-order valence-corrected chi connectivity index (χ1v) is 24.2. The van der Waals surface area contributed by atoms with Gasteiger partial charge < -0.3 is 4.57 Å². The highest BCUT2D eigenvalue weighted by Crippen LogP contribution is 2.40. The van der Waals surface area contributed by atoms with E-state index < -0.39 is 19.8 Å². The predicted molar refractivity (Wildman–Crippen MR) is 269 cm³/mol. The van der Waals surface area contributed by atoms with Crippen LogP contribution in [-0.2, 0) is 6.18 Å².